The van der Waals surface area contributed by atoms with Crippen molar-refractivity contribution in [3.63, 3.8) is 0 Å². The Morgan fingerprint density at radius 2 is 1.03 bits per heavy atom. The van der Waals surface area contributed by atoms with Crippen molar-refractivity contribution >= 4 is 0 Å². The molecular weight excluding hydrogens is 467 g/mol. The van der Waals surface area contributed by atoms with Crippen LogP contribution in [0.25, 0.3) is 0 Å². The molecule has 0 bridgehead atoms. The zero-order valence-electron chi connectivity index (χ0n) is 18.5. The standard InChI is InChI=1S/C26H31.3ClH.Ti/c1-6-7-18-26(23-14-10-8-11-15-23,24-16-12-9-13-17-24)25-21(4)19(2)20(3)22(25)5;;;;/h8-17H,6-7,18H2,1-5H3;3*1H;/q-1;;;;+4/p-3. The minimum Gasteiger partial charge on any atom is -1.00 e. The summed E-state index contributed by atoms with van der Waals surface area (Å²) in [5, 5.41) is 0. The van der Waals surface area contributed by atoms with E-state index in [-0.39, 0.29) is 64.4 Å². The molecule has 160 valence electrons. The molecule has 0 nitrogen and oxygen atoms in total. The molecule has 3 aromatic rings. The fraction of sp³-hybridized carbons (Fsp3) is 0.346. The molecule has 0 aliphatic heterocycles. The number of hydrogen-bond donors (Lipinski definition) is 0. The van der Waals surface area contributed by atoms with Crippen LogP contribution < -0.4 is 37.2 Å². The Bertz CT molecular complexity index is 805. The van der Waals surface area contributed by atoms with Crippen LogP contribution in [0.2, 0.25) is 0 Å². The Kier molecular flexibility index (Phi) is 14.4. The summed E-state index contributed by atoms with van der Waals surface area (Å²) < 4.78 is 0. The van der Waals surface area contributed by atoms with Gasteiger partial charge in [0.15, 0.2) is 0 Å². The van der Waals surface area contributed by atoms with E-state index >= 15 is 0 Å². The summed E-state index contributed by atoms with van der Waals surface area (Å²) in [4.78, 5) is 0. The van der Waals surface area contributed by atoms with Crippen LogP contribution >= 0.6 is 0 Å². The van der Waals surface area contributed by atoms with Crippen molar-refractivity contribution in [2.75, 3.05) is 0 Å². The summed E-state index contributed by atoms with van der Waals surface area (Å²) >= 11 is 0. The van der Waals surface area contributed by atoms with Crippen LogP contribution in [0.4, 0.5) is 0 Å². The van der Waals surface area contributed by atoms with Gasteiger partial charge in [-0.1, -0.05) is 108 Å². The molecule has 0 amide bonds. The number of halogens is 3. The maximum atomic E-state index is 2.32. The van der Waals surface area contributed by atoms with E-state index in [2.05, 4.69) is 95.3 Å². The quantitative estimate of drug-likeness (QED) is 0.278. The summed E-state index contributed by atoms with van der Waals surface area (Å²) in [5.41, 5.74) is 10.1. The van der Waals surface area contributed by atoms with Gasteiger partial charge in [-0.25, -0.2) is 0 Å². The second kappa shape index (κ2) is 13.7. The van der Waals surface area contributed by atoms with Crippen LogP contribution in [-0.4, -0.2) is 0 Å². The Morgan fingerprint density at radius 3 is 1.37 bits per heavy atom. The molecule has 0 aromatic heterocycles. The summed E-state index contributed by atoms with van der Waals surface area (Å²) in [6.45, 7) is 11.5. The van der Waals surface area contributed by atoms with Crippen molar-refractivity contribution in [3.8, 4) is 0 Å². The monoisotopic (exact) mass is 496 g/mol. The van der Waals surface area contributed by atoms with E-state index in [9.17, 15) is 0 Å². The van der Waals surface area contributed by atoms with Crippen LogP contribution in [0, 0.1) is 27.7 Å². The number of rotatable bonds is 6. The van der Waals surface area contributed by atoms with Crippen LogP contribution in [0.15, 0.2) is 60.7 Å². The topological polar surface area (TPSA) is 0 Å². The predicted molar refractivity (Wildman–Crippen MR) is 113 cm³/mol. The van der Waals surface area contributed by atoms with E-state index in [1.807, 2.05) is 0 Å². The molecule has 0 aliphatic carbocycles. The second-order valence-electron chi connectivity index (χ2n) is 7.62. The SMILES string of the molecule is CCCCC(c1ccccc1)(c1ccccc1)[c-]1c(C)c(C)c(C)c1C.[Cl-].[Cl-].[Cl-].[Ti+4]. The molecule has 0 saturated heterocycles. The van der Waals surface area contributed by atoms with Crippen LogP contribution in [-0.2, 0) is 27.1 Å². The van der Waals surface area contributed by atoms with E-state index in [4.69, 9.17) is 0 Å². The molecule has 0 atom stereocenters. The fourth-order valence-corrected chi connectivity index (χ4v) is 4.62. The molecule has 30 heavy (non-hydrogen) atoms. The average molecular weight is 498 g/mol. The van der Waals surface area contributed by atoms with Gasteiger partial charge in [-0.3, -0.25) is 0 Å². The molecule has 3 aromatic carbocycles. The molecule has 4 heteroatoms. The smallest absolute Gasteiger partial charge is 1.00 e. The van der Waals surface area contributed by atoms with Crippen molar-refractivity contribution in [2.45, 2.75) is 59.3 Å². The fourth-order valence-electron chi connectivity index (χ4n) is 4.62. The first-order valence-corrected chi connectivity index (χ1v) is 9.88. The summed E-state index contributed by atoms with van der Waals surface area (Å²) in [6.07, 6.45) is 3.56. The van der Waals surface area contributed by atoms with Gasteiger partial charge < -0.3 is 37.2 Å². The number of hydrogen-bond acceptors (Lipinski definition) is 0. The number of benzene rings is 2. The van der Waals surface area contributed by atoms with E-state index in [1.54, 1.807) is 0 Å². The van der Waals surface area contributed by atoms with Crippen molar-refractivity contribution < 1.29 is 58.9 Å². The van der Waals surface area contributed by atoms with Gasteiger partial charge in [-0.15, -0.1) is 5.56 Å². The second-order valence-corrected chi connectivity index (χ2v) is 7.62. The van der Waals surface area contributed by atoms with Gasteiger partial charge in [0.25, 0.3) is 0 Å². The maximum absolute atomic E-state index is 2.32. The molecule has 0 radical (unpaired) electrons. The summed E-state index contributed by atoms with van der Waals surface area (Å²) in [7, 11) is 0. The molecule has 0 aliphatic rings. The molecule has 0 fully saturated rings. The molecule has 0 N–H and O–H groups in total. The Balaban J connectivity index is 0. The summed E-state index contributed by atoms with van der Waals surface area (Å²) in [5.74, 6) is 0. The molecule has 0 saturated carbocycles. The largest absolute Gasteiger partial charge is 4.00 e. The van der Waals surface area contributed by atoms with Gasteiger partial charge in [-0.2, -0.15) is 22.3 Å². The first-order valence-electron chi connectivity index (χ1n) is 9.88. The third kappa shape index (κ3) is 5.59. The van der Waals surface area contributed by atoms with E-state index in [0.29, 0.717) is 0 Å². The molecular formula is C26H31Cl3Ti. The minimum absolute atomic E-state index is 0. The van der Waals surface area contributed by atoms with Crippen molar-refractivity contribution in [3.05, 3.63) is 99.6 Å². The van der Waals surface area contributed by atoms with Gasteiger partial charge in [0.2, 0.25) is 0 Å². The Labute approximate surface area is 216 Å². The van der Waals surface area contributed by atoms with Crippen LogP contribution in [0.5, 0.6) is 0 Å². The molecule has 0 unspecified atom stereocenters. The predicted octanol–water partition coefficient (Wildman–Crippen LogP) is -1.83. The van der Waals surface area contributed by atoms with E-state index < -0.39 is 0 Å². The van der Waals surface area contributed by atoms with Gasteiger partial charge in [-0.05, 0) is 17.5 Å². The van der Waals surface area contributed by atoms with Gasteiger partial charge in [0.1, 0.15) is 0 Å². The third-order valence-corrected chi connectivity index (χ3v) is 6.30. The van der Waals surface area contributed by atoms with Gasteiger partial charge in [0, 0.05) is 5.41 Å². The molecule has 3 rings (SSSR count). The Morgan fingerprint density at radius 1 is 0.667 bits per heavy atom. The number of unbranched alkanes of at least 4 members (excludes halogenated alkanes) is 1. The Hall–Kier alpha value is -0.626. The van der Waals surface area contributed by atoms with Gasteiger partial charge >= 0.3 is 21.7 Å². The first-order chi connectivity index (χ1) is 12.5. The van der Waals surface area contributed by atoms with E-state index in [0.717, 1.165) is 6.42 Å². The van der Waals surface area contributed by atoms with E-state index in [1.165, 1.54) is 51.8 Å². The van der Waals surface area contributed by atoms with Crippen molar-refractivity contribution in [1.82, 2.24) is 0 Å². The molecule has 0 spiro atoms. The van der Waals surface area contributed by atoms with Crippen molar-refractivity contribution in [2.24, 2.45) is 0 Å². The van der Waals surface area contributed by atoms with Crippen LogP contribution in [0.1, 0.15) is 65.1 Å². The zero-order chi connectivity index (χ0) is 18.7. The molecule has 0 heterocycles. The minimum atomic E-state index is -0.0777. The van der Waals surface area contributed by atoms with Crippen LogP contribution in [0.3, 0.4) is 0 Å². The average Bonchev–Trinajstić information content (AvgIpc) is 2.88. The van der Waals surface area contributed by atoms with Crippen molar-refractivity contribution in [1.29, 1.82) is 0 Å². The van der Waals surface area contributed by atoms with Gasteiger partial charge in [0.05, 0.1) is 0 Å². The normalized spacial score (nSPS) is 10.2. The third-order valence-electron chi connectivity index (χ3n) is 6.30. The zero-order valence-corrected chi connectivity index (χ0v) is 22.4. The summed E-state index contributed by atoms with van der Waals surface area (Å²) in [6, 6.07) is 22.3. The first kappa shape index (κ1) is 31.6. The maximum Gasteiger partial charge on any atom is 4.00 e.